The molecule has 1 fully saturated rings. The molecular formula is C27H25F3N8O. The molecular weight excluding hydrogens is 509 g/mol. The van der Waals surface area contributed by atoms with Crippen LogP contribution in [0, 0.1) is 0 Å². The van der Waals surface area contributed by atoms with Gasteiger partial charge in [0.15, 0.2) is 0 Å². The Hall–Kier alpha value is -4.58. The fraction of sp³-hybridized carbons (Fsp3) is 0.222. The number of carbonyl (C=O) groups excluding carboxylic acids is 1. The standard InChI is InChI=1S/C27H25F3N8O/c28-27(29,30)19-3-1-2-4-20(19)34-26-35-22-12-18(24(13-23(22)36-26)38-9-7-16(31)8-10-38)25(39)33-17-6-5-15-14-32-37-21(15)11-17/h1-6,11-14,16H,7-10,31H2,(H,32,37)(H,33,39)(H2,34,35,36). The molecule has 1 aliphatic rings. The van der Waals surface area contributed by atoms with Gasteiger partial charge in [-0.1, -0.05) is 12.1 Å². The number of rotatable bonds is 5. The Balaban J connectivity index is 1.36. The summed E-state index contributed by atoms with van der Waals surface area (Å²) < 4.78 is 40.5. The van der Waals surface area contributed by atoms with E-state index >= 15 is 0 Å². The van der Waals surface area contributed by atoms with Crippen molar-refractivity contribution in [3.8, 4) is 0 Å². The van der Waals surface area contributed by atoms with Crippen LogP contribution in [0.1, 0.15) is 28.8 Å². The number of hydrogen-bond donors (Lipinski definition) is 5. The number of nitrogens with two attached hydrogens (primary N) is 1. The fourth-order valence-electron chi connectivity index (χ4n) is 4.87. The Bertz CT molecular complexity index is 1670. The molecule has 0 atom stereocenters. The van der Waals surface area contributed by atoms with Gasteiger partial charge in [-0.25, -0.2) is 4.98 Å². The number of imidazole rings is 1. The molecule has 0 saturated carbocycles. The molecule has 9 nitrogen and oxygen atoms in total. The van der Waals surface area contributed by atoms with Crippen LogP contribution in [-0.2, 0) is 6.18 Å². The first-order valence-electron chi connectivity index (χ1n) is 12.5. The summed E-state index contributed by atoms with van der Waals surface area (Å²) in [6.45, 7) is 1.34. The SMILES string of the molecule is NC1CCN(c2cc3nc(Nc4ccccc4C(F)(F)F)[nH]c3cc2C(=O)Nc2ccc3cn[nH]c3c2)CC1. The van der Waals surface area contributed by atoms with Crippen molar-refractivity contribution in [2.24, 2.45) is 5.73 Å². The van der Waals surface area contributed by atoms with E-state index in [-0.39, 0.29) is 23.6 Å². The van der Waals surface area contributed by atoms with Crippen LogP contribution < -0.4 is 21.3 Å². The number of piperidine rings is 1. The van der Waals surface area contributed by atoms with Gasteiger partial charge in [-0.3, -0.25) is 9.89 Å². The molecule has 12 heteroatoms. The normalized spacial score (nSPS) is 14.7. The maximum absolute atomic E-state index is 13.5. The van der Waals surface area contributed by atoms with E-state index in [1.807, 2.05) is 6.07 Å². The second-order valence-corrected chi connectivity index (χ2v) is 9.59. The molecule has 39 heavy (non-hydrogen) atoms. The summed E-state index contributed by atoms with van der Waals surface area (Å²) in [6, 6.07) is 14.2. The number of hydrogen-bond acceptors (Lipinski definition) is 6. The zero-order valence-corrected chi connectivity index (χ0v) is 20.6. The number of fused-ring (bicyclic) bond motifs is 2. The van der Waals surface area contributed by atoms with Crippen LogP contribution in [0.3, 0.4) is 0 Å². The number of nitrogens with one attached hydrogen (secondary N) is 4. The number of benzene rings is 3. The number of amides is 1. The van der Waals surface area contributed by atoms with Crippen LogP contribution in [0.15, 0.2) is 60.8 Å². The predicted octanol–water partition coefficient (Wildman–Crippen LogP) is 5.38. The zero-order chi connectivity index (χ0) is 27.1. The molecule has 0 radical (unpaired) electrons. The first-order chi connectivity index (χ1) is 18.7. The average Bonchev–Trinajstić information content (AvgIpc) is 3.53. The Morgan fingerprint density at radius 1 is 1.05 bits per heavy atom. The molecule has 0 bridgehead atoms. The molecule has 6 N–H and O–H groups in total. The van der Waals surface area contributed by atoms with Gasteiger partial charge in [-0.2, -0.15) is 18.3 Å². The molecule has 2 aromatic heterocycles. The third kappa shape index (κ3) is 4.98. The summed E-state index contributed by atoms with van der Waals surface area (Å²) in [6.07, 6.45) is -1.28. The van der Waals surface area contributed by atoms with Gasteiger partial charge in [-0.15, -0.1) is 0 Å². The van der Waals surface area contributed by atoms with Crippen molar-refractivity contribution < 1.29 is 18.0 Å². The van der Waals surface area contributed by atoms with E-state index in [4.69, 9.17) is 5.73 Å². The molecule has 1 amide bonds. The van der Waals surface area contributed by atoms with Crippen LogP contribution in [0.25, 0.3) is 21.9 Å². The van der Waals surface area contributed by atoms with Gasteiger partial charge in [0.05, 0.1) is 45.2 Å². The highest BCUT2D eigenvalue weighted by molar-refractivity contribution is 6.11. The van der Waals surface area contributed by atoms with Crippen LogP contribution in [0.4, 0.5) is 36.2 Å². The minimum absolute atomic E-state index is 0.0956. The van der Waals surface area contributed by atoms with Crippen LogP contribution in [-0.4, -0.2) is 45.2 Å². The maximum atomic E-state index is 13.5. The summed E-state index contributed by atoms with van der Waals surface area (Å²) in [5.74, 6) is -0.192. The minimum atomic E-state index is -4.53. The highest BCUT2D eigenvalue weighted by Crippen LogP contribution is 2.36. The number of aromatic amines is 2. The van der Waals surface area contributed by atoms with Crippen LogP contribution >= 0.6 is 0 Å². The number of anilines is 4. The van der Waals surface area contributed by atoms with Crippen molar-refractivity contribution in [1.29, 1.82) is 0 Å². The van der Waals surface area contributed by atoms with Crippen molar-refractivity contribution in [3.63, 3.8) is 0 Å². The van der Waals surface area contributed by atoms with Gasteiger partial charge in [-0.05, 0) is 55.3 Å². The van der Waals surface area contributed by atoms with Gasteiger partial charge >= 0.3 is 6.18 Å². The van der Waals surface area contributed by atoms with Crippen LogP contribution in [0.5, 0.6) is 0 Å². The number of alkyl halides is 3. The molecule has 3 aromatic carbocycles. The number of nitrogens with zero attached hydrogens (tertiary/aromatic N) is 3. The lowest BCUT2D eigenvalue weighted by atomic mass is 10.0. The van der Waals surface area contributed by atoms with E-state index in [2.05, 4.69) is 35.7 Å². The second kappa shape index (κ2) is 9.62. The fourth-order valence-corrected chi connectivity index (χ4v) is 4.87. The van der Waals surface area contributed by atoms with E-state index in [0.717, 1.165) is 29.8 Å². The van der Waals surface area contributed by atoms with E-state index in [1.54, 1.807) is 30.5 Å². The van der Waals surface area contributed by atoms with E-state index in [1.165, 1.54) is 18.2 Å². The van der Waals surface area contributed by atoms with Crippen molar-refractivity contribution in [3.05, 3.63) is 71.9 Å². The smallest absolute Gasteiger partial charge is 0.371 e. The van der Waals surface area contributed by atoms with E-state index in [9.17, 15) is 18.0 Å². The Kier molecular flexibility index (Phi) is 6.10. The number of para-hydroxylation sites is 1. The van der Waals surface area contributed by atoms with Gasteiger partial charge in [0, 0.05) is 30.2 Å². The van der Waals surface area contributed by atoms with E-state index in [0.29, 0.717) is 41.1 Å². The number of carbonyl (C=O) groups is 1. The summed E-state index contributed by atoms with van der Waals surface area (Å²) in [4.78, 5) is 23.1. The highest BCUT2D eigenvalue weighted by atomic mass is 19.4. The van der Waals surface area contributed by atoms with Gasteiger partial charge in [0.2, 0.25) is 5.95 Å². The Morgan fingerprint density at radius 3 is 2.64 bits per heavy atom. The molecule has 0 aliphatic carbocycles. The van der Waals surface area contributed by atoms with Gasteiger partial charge < -0.3 is 26.3 Å². The molecule has 5 aromatic rings. The first kappa shape index (κ1) is 24.7. The van der Waals surface area contributed by atoms with Crippen molar-refractivity contribution in [1.82, 2.24) is 20.2 Å². The number of H-pyrrole nitrogens is 2. The lowest BCUT2D eigenvalue weighted by molar-refractivity contribution is -0.136. The largest absolute Gasteiger partial charge is 0.418 e. The van der Waals surface area contributed by atoms with Gasteiger partial charge in [0.25, 0.3) is 5.91 Å². The zero-order valence-electron chi connectivity index (χ0n) is 20.6. The summed E-state index contributed by atoms with van der Waals surface area (Å²) in [7, 11) is 0. The summed E-state index contributed by atoms with van der Waals surface area (Å²) >= 11 is 0. The second-order valence-electron chi connectivity index (χ2n) is 9.59. The number of aromatic nitrogens is 4. The lowest BCUT2D eigenvalue weighted by Gasteiger charge is -2.33. The maximum Gasteiger partial charge on any atom is 0.418 e. The summed E-state index contributed by atoms with van der Waals surface area (Å²) in [5.41, 5.74) is 8.68. The Morgan fingerprint density at radius 2 is 1.85 bits per heavy atom. The minimum Gasteiger partial charge on any atom is -0.371 e. The monoisotopic (exact) mass is 534 g/mol. The third-order valence-electron chi connectivity index (χ3n) is 6.91. The third-order valence-corrected chi connectivity index (χ3v) is 6.91. The average molecular weight is 535 g/mol. The molecule has 0 spiro atoms. The molecule has 0 unspecified atom stereocenters. The highest BCUT2D eigenvalue weighted by Gasteiger charge is 2.33. The molecule has 1 aliphatic heterocycles. The predicted molar refractivity (Wildman–Crippen MR) is 144 cm³/mol. The number of halogens is 3. The molecule has 200 valence electrons. The topological polar surface area (TPSA) is 128 Å². The molecule has 1 saturated heterocycles. The van der Waals surface area contributed by atoms with Crippen molar-refractivity contribution in [2.75, 3.05) is 28.6 Å². The first-order valence-corrected chi connectivity index (χ1v) is 12.5. The van der Waals surface area contributed by atoms with Crippen molar-refractivity contribution >= 4 is 50.9 Å². The van der Waals surface area contributed by atoms with E-state index < -0.39 is 11.7 Å². The Labute approximate surface area is 220 Å². The molecule has 6 rings (SSSR count). The molecule has 3 heterocycles. The summed E-state index contributed by atoms with van der Waals surface area (Å²) in [5, 5.41) is 13.5. The van der Waals surface area contributed by atoms with Crippen molar-refractivity contribution in [2.45, 2.75) is 25.1 Å². The van der Waals surface area contributed by atoms with Crippen LogP contribution in [0.2, 0.25) is 0 Å². The quantitative estimate of drug-likeness (QED) is 0.206. The van der Waals surface area contributed by atoms with Gasteiger partial charge in [0.1, 0.15) is 0 Å². The lowest BCUT2D eigenvalue weighted by Crippen LogP contribution is -2.40.